The number of sulfone groups is 1. The topological polar surface area (TPSA) is 54.4 Å². The summed E-state index contributed by atoms with van der Waals surface area (Å²) in [5.41, 5.74) is 0.683. The van der Waals surface area contributed by atoms with Crippen molar-refractivity contribution in [2.45, 2.75) is 37.0 Å². The van der Waals surface area contributed by atoms with E-state index < -0.39 is 21.2 Å². The number of hydrogen-bond acceptors (Lipinski definition) is 3. The van der Waals surface area contributed by atoms with Crippen LogP contribution in [0.2, 0.25) is 10.0 Å². The summed E-state index contributed by atoms with van der Waals surface area (Å²) in [4.78, 5) is 0. The Kier molecular flexibility index (Phi) is 4.77. The molecule has 3 nitrogen and oxygen atoms in total. The molecule has 19 heavy (non-hydrogen) atoms. The second-order valence-electron chi connectivity index (χ2n) is 4.89. The lowest BCUT2D eigenvalue weighted by Crippen LogP contribution is -2.39. The molecule has 0 aliphatic carbocycles. The van der Waals surface area contributed by atoms with Crippen LogP contribution in [-0.2, 0) is 16.3 Å². The van der Waals surface area contributed by atoms with Gasteiger partial charge < -0.3 is 5.11 Å². The van der Waals surface area contributed by atoms with E-state index in [-0.39, 0.29) is 12.2 Å². The summed E-state index contributed by atoms with van der Waals surface area (Å²) in [6, 6.07) is 5.16. The van der Waals surface area contributed by atoms with Crippen molar-refractivity contribution in [3.63, 3.8) is 0 Å². The van der Waals surface area contributed by atoms with Gasteiger partial charge in [0.2, 0.25) is 0 Å². The van der Waals surface area contributed by atoms with Gasteiger partial charge in [0.25, 0.3) is 0 Å². The van der Waals surface area contributed by atoms with Crippen molar-refractivity contribution < 1.29 is 13.5 Å². The Balaban J connectivity index is 2.16. The molecule has 1 N–H and O–H groups in total. The van der Waals surface area contributed by atoms with E-state index in [0.29, 0.717) is 28.5 Å². The Morgan fingerprint density at radius 1 is 1.32 bits per heavy atom. The summed E-state index contributed by atoms with van der Waals surface area (Å²) in [5.74, 6) is 0.165. The predicted molar refractivity (Wildman–Crippen MR) is 77.6 cm³/mol. The second-order valence-corrected chi connectivity index (χ2v) is 8.01. The van der Waals surface area contributed by atoms with Crippen LogP contribution in [0.3, 0.4) is 0 Å². The molecular formula is C13H16Cl2O3S. The molecule has 0 saturated carbocycles. The van der Waals surface area contributed by atoms with Crippen molar-refractivity contribution in [3.05, 3.63) is 33.8 Å². The van der Waals surface area contributed by atoms with E-state index in [9.17, 15) is 13.5 Å². The van der Waals surface area contributed by atoms with E-state index in [1.807, 2.05) is 0 Å². The fourth-order valence-electron chi connectivity index (χ4n) is 2.47. The molecule has 1 aliphatic heterocycles. The molecule has 1 aromatic carbocycles. The number of rotatable bonds is 3. The molecule has 1 saturated heterocycles. The maximum atomic E-state index is 11.9. The molecule has 0 aromatic heterocycles. The van der Waals surface area contributed by atoms with Gasteiger partial charge in [0.15, 0.2) is 9.84 Å². The van der Waals surface area contributed by atoms with Gasteiger partial charge in [0, 0.05) is 6.42 Å². The molecule has 106 valence electrons. The first-order chi connectivity index (χ1) is 8.92. The summed E-state index contributed by atoms with van der Waals surface area (Å²) in [6.45, 7) is 0. The number of halogens is 2. The van der Waals surface area contributed by atoms with E-state index in [4.69, 9.17) is 23.2 Å². The van der Waals surface area contributed by atoms with Crippen molar-refractivity contribution in [1.29, 1.82) is 0 Å². The van der Waals surface area contributed by atoms with Crippen LogP contribution in [0.1, 0.15) is 24.8 Å². The predicted octanol–water partition coefficient (Wildman–Crippen LogP) is 2.86. The van der Waals surface area contributed by atoms with E-state index >= 15 is 0 Å². The van der Waals surface area contributed by atoms with Gasteiger partial charge in [0.1, 0.15) is 0 Å². The average Bonchev–Trinajstić information content (AvgIpc) is 2.34. The van der Waals surface area contributed by atoms with E-state index in [1.54, 1.807) is 18.2 Å². The molecule has 1 fully saturated rings. The molecule has 2 atom stereocenters. The van der Waals surface area contributed by atoms with E-state index in [1.165, 1.54) is 0 Å². The van der Waals surface area contributed by atoms with Crippen LogP contribution in [0, 0.1) is 0 Å². The Bertz CT molecular complexity index is 557. The summed E-state index contributed by atoms with van der Waals surface area (Å²) in [7, 11) is -3.19. The first-order valence-corrected chi connectivity index (χ1v) is 8.71. The van der Waals surface area contributed by atoms with Crippen molar-refractivity contribution in [2.24, 2.45) is 0 Å². The van der Waals surface area contributed by atoms with Gasteiger partial charge in [-0.2, -0.15) is 0 Å². The van der Waals surface area contributed by atoms with Gasteiger partial charge in [-0.1, -0.05) is 41.8 Å². The van der Waals surface area contributed by atoms with Gasteiger partial charge >= 0.3 is 0 Å². The monoisotopic (exact) mass is 322 g/mol. The molecule has 1 aromatic rings. The summed E-state index contributed by atoms with van der Waals surface area (Å²) in [6.07, 6.45) is 1.32. The Morgan fingerprint density at radius 3 is 2.74 bits per heavy atom. The quantitative estimate of drug-likeness (QED) is 0.930. The first kappa shape index (κ1) is 15.1. The van der Waals surface area contributed by atoms with Crippen LogP contribution in [0.4, 0.5) is 0 Å². The third-order valence-electron chi connectivity index (χ3n) is 3.52. The zero-order valence-electron chi connectivity index (χ0n) is 10.4. The van der Waals surface area contributed by atoms with Crippen LogP contribution in [0.25, 0.3) is 0 Å². The van der Waals surface area contributed by atoms with Gasteiger partial charge in [-0.15, -0.1) is 0 Å². The molecule has 6 heteroatoms. The lowest BCUT2D eigenvalue weighted by atomic mass is 10.0. The van der Waals surface area contributed by atoms with Crippen molar-refractivity contribution in [3.8, 4) is 0 Å². The number of aliphatic hydroxyl groups excluding tert-OH is 1. The molecule has 1 aliphatic rings. The third-order valence-corrected chi connectivity index (χ3v) is 6.71. The zero-order valence-corrected chi connectivity index (χ0v) is 12.7. The zero-order chi connectivity index (χ0) is 14.0. The molecule has 0 spiro atoms. The summed E-state index contributed by atoms with van der Waals surface area (Å²) >= 11 is 12.0. The first-order valence-electron chi connectivity index (χ1n) is 6.24. The molecule has 2 rings (SSSR count). The molecule has 0 bridgehead atoms. The second kappa shape index (κ2) is 6.00. The maximum absolute atomic E-state index is 11.9. The lowest BCUT2D eigenvalue weighted by Gasteiger charge is -2.27. The normalized spacial score (nSPS) is 24.1. The van der Waals surface area contributed by atoms with Crippen molar-refractivity contribution in [1.82, 2.24) is 0 Å². The van der Waals surface area contributed by atoms with E-state index in [2.05, 4.69) is 0 Å². The van der Waals surface area contributed by atoms with Gasteiger partial charge in [-0.3, -0.25) is 0 Å². The fraction of sp³-hybridized carbons (Fsp3) is 0.538. The third kappa shape index (κ3) is 3.43. The molecule has 1 heterocycles. The largest absolute Gasteiger partial charge is 0.391 e. The lowest BCUT2D eigenvalue weighted by molar-refractivity contribution is 0.162. The Labute approximate surface area is 123 Å². The minimum atomic E-state index is -3.19. The smallest absolute Gasteiger partial charge is 0.155 e. The maximum Gasteiger partial charge on any atom is 0.155 e. The number of hydrogen-bond donors (Lipinski definition) is 1. The van der Waals surface area contributed by atoms with Gasteiger partial charge in [0.05, 0.1) is 27.2 Å². The van der Waals surface area contributed by atoms with Crippen LogP contribution in [0.15, 0.2) is 18.2 Å². The Morgan fingerprint density at radius 2 is 2.05 bits per heavy atom. The van der Waals surface area contributed by atoms with Gasteiger partial charge in [-0.25, -0.2) is 8.42 Å². The highest BCUT2D eigenvalue weighted by atomic mass is 35.5. The highest BCUT2D eigenvalue weighted by Gasteiger charge is 2.34. The van der Waals surface area contributed by atoms with Crippen LogP contribution < -0.4 is 0 Å². The number of benzene rings is 1. The molecular weight excluding hydrogens is 307 g/mol. The number of aliphatic hydroxyl groups is 1. The van der Waals surface area contributed by atoms with Crippen molar-refractivity contribution in [2.75, 3.05) is 5.75 Å². The van der Waals surface area contributed by atoms with Crippen LogP contribution >= 0.6 is 23.2 Å². The fourth-order valence-corrected chi connectivity index (χ4v) is 4.88. The van der Waals surface area contributed by atoms with Crippen LogP contribution in [0.5, 0.6) is 0 Å². The average molecular weight is 323 g/mol. The molecule has 2 unspecified atom stereocenters. The van der Waals surface area contributed by atoms with E-state index in [0.717, 1.165) is 6.42 Å². The standard InChI is InChI=1S/C13H16Cl2O3S/c14-10-5-3-4-9(13(10)15)8-11(16)12-6-1-2-7-19(12,17)18/h3-5,11-12,16H,1-2,6-8H2. The summed E-state index contributed by atoms with van der Waals surface area (Å²) in [5, 5.41) is 10.3. The minimum Gasteiger partial charge on any atom is -0.391 e. The summed E-state index contributed by atoms with van der Waals surface area (Å²) < 4.78 is 23.9. The minimum absolute atomic E-state index is 0.165. The van der Waals surface area contributed by atoms with Gasteiger partial charge in [-0.05, 0) is 24.5 Å². The van der Waals surface area contributed by atoms with Crippen LogP contribution in [-0.4, -0.2) is 30.6 Å². The SMILES string of the molecule is O=S1(=O)CCCCC1C(O)Cc1cccc(Cl)c1Cl. The van der Waals surface area contributed by atoms with Crippen molar-refractivity contribution >= 4 is 33.0 Å². The molecule has 0 amide bonds. The molecule has 0 radical (unpaired) electrons. The highest BCUT2D eigenvalue weighted by molar-refractivity contribution is 7.92. The Hall–Kier alpha value is -0.290. The highest BCUT2D eigenvalue weighted by Crippen LogP contribution is 2.29.